The van der Waals surface area contributed by atoms with E-state index in [1.54, 1.807) is 0 Å². The molecular formula is C14H17NO6S3. The Morgan fingerprint density at radius 1 is 1.17 bits per heavy atom. The average Bonchev–Trinajstić information content (AvgIpc) is 2.85. The zero-order valence-corrected chi connectivity index (χ0v) is 15.1. The molecule has 1 atom stereocenters. The first kappa shape index (κ1) is 19.3. The van der Waals surface area contributed by atoms with E-state index in [1.807, 2.05) is 30.3 Å². The first-order valence-corrected chi connectivity index (χ1v) is 11.0. The molecule has 0 aliphatic carbocycles. The molecule has 0 saturated carbocycles. The number of hydrogen-bond acceptors (Lipinski definition) is 7. The van der Waals surface area contributed by atoms with Crippen molar-refractivity contribution in [3.63, 3.8) is 0 Å². The lowest BCUT2D eigenvalue weighted by Gasteiger charge is -2.18. The highest BCUT2D eigenvalue weighted by molar-refractivity contribution is 8.76. The predicted molar refractivity (Wildman–Crippen MR) is 91.7 cm³/mol. The summed E-state index contributed by atoms with van der Waals surface area (Å²) in [5.41, 5.74) is 0. The average molecular weight is 391 g/mol. The summed E-state index contributed by atoms with van der Waals surface area (Å²) < 4.78 is 32.2. The van der Waals surface area contributed by atoms with Gasteiger partial charge in [-0.1, -0.05) is 39.8 Å². The Morgan fingerprint density at radius 2 is 1.79 bits per heavy atom. The van der Waals surface area contributed by atoms with Crippen LogP contribution in [0.25, 0.3) is 0 Å². The largest absolute Gasteiger partial charge is 0.285 e. The second-order valence-corrected chi connectivity index (χ2v) is 9.21. The number of nitrogens with zero attached hydrogens (tertiary/aromatic N) is 1. The van der Waals surface area contributed by atoms with Gasteiger partial charge in [0, 0.05) is 23.5 Å². The number of carbonyl (C=O) groups is 2. The van der Waals surface area contributed by atoms with Crippen LogP contribution in [-0.4, -0.2) is 47.5 Å². The van der Waals surface area contributed by atoms with E-state index in [0.717, 1.165) is 4.90 Å². The predicted octanol–water partition coefficient (Wildman–Crippen LogP) is 2.15. The van der Waals surface area contributed by atoms with E-state index in [9.17, 15) is 22.6 Å². The Balaban J connectivity index is 1.80. The van der Waals surface area contributed by atoms with Crippen LogP contribution < -0.4 is 0 Å². The number of hydroxylamine groups is 2. The maximum absolute atomic E-state index is 11.4. The summed E-state index contributed by atoms with van der Waals surface area (Å²) in [4.78, 5) is 28.9. The first-order chi connectivity index (χ1) is 11.4. The molecule has 1 fully saturated rings. The van der Waals surface area contributed by atoms with Gasteiger partial charge < -0.3 is 0 Å². The van der Waals surface area contributed by atoms with E-state index < -0.39 is 33.8 Å². The van der Waals surface area contributed by atoms with Crippen molar-refractivity contribution in [3.8, 4) is 0 Å². The fraction of sp³-hybridized carbons (Fsp3) is 0.429. The third-order valence-electron chi connectivity index (χ3n) is 3.24. The van der Waals surface area contributed by atoms with E-state index in [-0.39, 0.29) is 19.3 Å². The van der Waals surface area contributed by atoms with Gasteiger partial charge in [0.2, 0.25) is 0 Å². The molecule has 0 radical (unpaired) electrons. The van der Waals surface area contributed by atoms with Crippen LogP contribution >= 0.6 is 21.6 Å². The maximum Gasteiger partial charge on any atom is 0.270 e. The lowest BCUT2D eigenvalue weighted by molar-refractivity contribution is -0.187. The molecule has 0 aromatic heterocycles. The minimum atomic E-state index is -4.33. The van der Waals surface area contributed by atoms with Crippen LogP contribution in [-0.2, 0) is 24.5 Å². The summed E-state index contributed by atoms with van der Waals surface area (Å²) in [5.74, 6) is -0.541. The van der Waals surface area contributed by atoms with Crippen LogP contribution in [0.1, 0.15) is 19.3 Å². The SMILES string of the molecule is O=C1CCC(=O)N1OCC(CCSSc1ccccc1)S(=O)(=O)O. The Bertz CT molecular complexity index is 663. The number of benzene rings is 1. The molecule has 132 valence electrons. The summed E-state index contributed by atoms with van der Waals surface area (Å²) in [7, 11) is -1.39. The molecule has 7 nitrogen and oxygen atoms in total. The Kier molecular flexibility index (Phi) is 7.11. The molecule has 0 bridgehead atoms. The van der Waals surface area contributed by atoms with Crippen LogP contribution in [0.2, 0.25) is 0 Å². The van der Waals surface area contributed by atoms with Gasteiger partial charge in [0.05, 0.1) is 6.61 Å². The van der Waals surface area contributed by atoms with E-state index in [4.69, 9.17) is 4.84 Å². The van der Waals surface area contributed by atoms with Crippen molar-refractivity contribution in [2.75, 3.05) is 12.4 Å². The molecule has 1 N–H and O–H groups in total. The third kappa shape index (κ3) is 5.78. The van der Waals surface area contributed by atoms with Gasteiger partial charge in [-0.15, -0.1) is 0 Å². The molecular weight excluding hydrogens is 374 g/mol. The van der Waals surface area contributed by atoms with E-state index in [1.165, 1.54) is 21.6 Å². The van der Waals surface area contributed by atoms with Crippen molar-refractivity contribution in [2.24, 2.45) is 0 Å². The van der Waals surface area contributed by atoms with Crippen molar-refractivity contribution >= 4 is 43.5 Å². The Hall–Kier alpha value is -1.07. The highest BCUT2D eigenvalue weighted by atomic mass is 33.1. The van der Waals surface area contributed by atoms with Gasteiger partial charge in [-0.05, 0) is 18.6 Å². The third-order valence-corrected chi connectivity index (χ3v) is 6.87. The topological polar surface area (TPSA) is 101 Å². The first-order valence-electron chi connectivity index (χ1n) is 7.17. The minimum Gasteiger partial charge on any atom is -0.285 e. The van der Waals surface area contributed by atoms with Crippen molar-refractivity contribution in [3.05, 3.63) is 30.3 Å². The molecule has 1 aliphatic rings. The second kappa shape index (κ2) is 8.86. The molecule has 24 heavy (non-hydrogen) atoms. The fourth-order valence-electron chi connectivity index (χ4n) is 1.94. The smallest absolute Gasteiger partial charge is 0.270 e. The van der Waals surface area contributed by atoms with Crippen molar-refractivity contribution in [1.82, 2.24) is 5.06 Å². The molecule has 2 rings (SSSR count). The number of carbonyl (C=O) groups excluding carboxylic acids is 2. The number of rotatable bonds is 9. The molecule has 1 saturated heterocycles. The van der Waals surface area contributed by atoms with Gasteiger partial charge in [-0.3, -0.25) is 19.0 Å². The normalized spacial score (nSPS) is 16.6. The van der Waals surface area contributed by atoms with Crippen LogP contribution in [0.4, 0.5) is 0 Å². The van der Waals surface area contributed by atoms with Gasteiger partial charge in [0.25, 0.3) is 21.9 Å². The maximum atomic E-state index is 11.4. The number of hydrogen-bond donors (Lipinski definition) is 1. The molecule has 2 amide bonds. The molecule has 1 aliphatic heterocycles. The van der Waals surface area contributed by atoms with E-state index >= 15 is 0 Å². The standard InChI is InChI=1S/C14H17NO6S3/c16-13-6-7-14(17)15(13)21-10-12(24(18,19)20)8-9-22-23-11-4-2-1-3-5-11/h1-5,12H,6-10H2,(H,18,19,20). The fourth-order valence-corrected chi connectivity index (χ4v) is 4.89. The van der Waals surface area contributed by atoms with Crippen LogP contribution in [0.15, 0.2) is 35.2 Å². The van der Waals surface area contributed by atoms with Crippen molar-refractivity contribution in [2.45, 2.75) is 29.4 Å². The zero-order chi connectivity index (χ0) is 17.6. The second-order valence-electron chi connectivity index (χ2n) is 5.02. The monoisotopic (exact) mass is 391 g/mol. The van der Waals surface area contributed by atoms with Gasteiger partial charge in [-0.2, -0.15) is 13.5 Å². The van der Waals surface area contributed by atoms with Crippen molar-refractivity contribution in [1.29, 1.82) is 0 Å². The quantitative estimate of drug-likeness (QED) is 0.296. The summed E-state index contributed by atoms with van der Waals surface area (Å²) in [6, 6.07) is 9.59. The van der Waals surface area contributed by atoms with Gasteiger partial charge in [-0.25, -0.2) is 0 Å². The molecule has 1 aromatic rings. The number of imide groups is 1. The summed E-state index contributed by atoms with van der Waals surface area (Å²) in [5, 5.41) is -0.605. The minimum absolute atomic E-state index is 0.0545. The molecule has 1 unspecified atom stereocenters. The van der Waals surface area contributed by atoms with Gasteiger partial charge >= 0.3 is 0 Å². The molecule has 10 heteroatoms. The van der Waals surface area contributed by atoms with Gasteiger partial charge in [0.1, 0.15) is 5.25 Å². The van der Waals surface area contributed by atoms with Gasteiger partial charge in [0.15, 0.2) is 0 Å². The zero-order valence-electron chi connectivity index (χ0n) is 12.7. The Morgan fingerprint density at radius 3 is 2.38 bits per heavy atom. The van der Waals surface area contributed by atoms with E-state index in [2.05, 4.69) is 0 Å². The molecule has 1 heterocycles. The Labute approximate surface area is 148 Å². The highest BCUT2D eigenvalue weighted by Gasteiger charge is 2.32. The summed E-state index contributed by atoms with van der Waals surface area (Å²) in [6.45, 7) is -0.438. The lowest BCUT2D eigenvalue weighted by Crippen LogP contribution is -2.35. The molecule has 1 aromatic carbocycles. The van der Waals surface area contributed by atoms with Crippen molar-refractivity contribution < 1.29 is 27.4 Å². The van der Waals surface area contributed by atoms with E-state index in [0.29, 0.717) is 10.8 Å². The summed E-state index contributed by atoms with van der Waals surface area (Å²) >= 11 is 0. The summed E-state index contributed by atoms with van der Waals surface area (Å²) in [6.07, 6.45) is 0.247. The lowest BCUT2D eigenvalue weighted by atomic mass is 10.3. The van der Waals surface area contributed by atoms with Crippen LogP contribution in [0.5, 0.6) is 0 Å². The van der Waals surface area contributed by atoms with Crippen LogP contribution in [0.3, 0.4) is 0 Å². The van der Waals surface area contributed by atoms with Crippen LogP contribution in [0, 0.1) is 0 Å². The molecule has 0 spiro atoms. The highest BCUT2D eigenvalue weighted by Crippen LogP contribution is 2.31. The number of amides is 2.